The molecule has 0 radical (unpaired) electrons. The van der Waals surface area contributed by atoms with Crippen molar-refractivity contribution >= 4 is 5.96 Å². The number of fused-ring (bicyclic) bond motifs is 1. The lowest BCUT2D eigenvalue weighted by atomic mass is 10.0. The van der Waals surface area contributed by atoms with E-state index < -0.39 is 0 Å². The Hall–Kier alpha value is -1.86. The number of guanidine groups is 1. The van der Waals surface area contributed by atoms with Gasteiger partial charge in [-0.05, 0) is 56.8 Å². The summed E-state index contributed by atoms with van der Waals surface area (Å²) in [5.74, 6) is 1.32. The number of benzene rings is 1. The number of aliphatic imine (C=N–C) groups is 1. The largest absolute Gasteiger partial charge is 0.467 e. The number of rotatable bonds is 8. The van der Waals surface area contributed by atoms with Crippen molar-refractivity contribution < 1.29 is 13.9 Å². The second-order valence-electron chi connectivity index (χ2n) is 7.70. The lowest BCUT2D eigenvalue weighted by molar-refractivity contribution is -0.0172. The molecule has 0 bridgehead atoms. The maximum atomic E-state index is 13.9. The van der Waals surface area contributed by atoms with Crippen LogP contribution < -0.4 is 15.4 Å². The average Bonchev–Trinajstić information content (AvgIpc) is 2.74. The summed E-state index contributed by atoms with van der Waals surface area (Å²) in [5, 5.41) is 6.67. The van der Waals surface area contributed by atoms with Gasteiger partial charge in [-0.15, -0.1) is 0 Å². The van der Waals surface area contributed by atoms with E-state index in [4.69, 9.17) is 14.5 Å². The van der Waals surface area contributed by atoms with Gasteiger partial charge in [0.05, 0.1) is 13.2 Å². The summed E-state index contributed by atoms with van der Waals surface area (Å²) in [5.41, 5.74) is 1.64. The number of likely N-dealkylation sites (tertiary alicyclic amines) is 1. The molecule has 1 atom stereocenters. The number of nitrogens with zero attached hydrogens (tertiary/aromatic N) is 2. The molecule has 3 rings (SSSR count). The number of halogens is 1. The van der Waals surface area contributed by atoms with Crippen LogP contribution in [0.2, 0.25) is 0 Å². The highest BCUT2D eigenvalue weighted by atomic mass is 19.1. The lowest BCUT2D eigenvalue weighted by Gasteiger charge is -2.34. The van der Waals surface area contributed by atoms with Gasteiger partial charge in [0.25, 0.3) is 0 Å². The van der Waals surface area contributed by atoms with Crippen LogP contribution in [0.5, 0.6) is 5.75 Å². The second-order valence-corrected chi connectivity index (χ2v) is 7.70. The van der Waals surface area contributed by atoms with Crippen LogP contribution in [-0.4, -0.2) is 56.4 Å². The van der Waals surface area contributed by atoms with Crippen LogP contribution in [0.3, 0.4) is 0 Å². The summed E-state index contributed by atoms with van der Waals surface area (Å²) in [6.45, 7) is 9.39. The molecule has 2 aliphatic heterocycles. The molecule has 0 aliphatic carbocycles. The third kappa shape index (κ3) is 6.31. The van der Waals surface area contributed by atoms with Crippen molar-refractivity contribution in [1.82, 2.24) is 15.5 Å². The van der Waals surface area contributed by atoms with Crippen molar-refractivity contribution in [2.24, 2.45) is 4.99 Å². The fourth-order valence-electron chi connectivity index (χ4n) is 4.21. The quantitative estimate of drug-likeness (QED) is 0.513. The number of ether oxygens (including phenoxy) is 2. The Morgan fingerprint density at radius 3 is 3.00 bits per heavy atom. The first-order chi connectivity index (χ1) is 14.2. The van der Waals surface area contributed by atoms with Crippen LogP contribution in [0.15, 0.2) is 17.1 Å². The monoisotopic (exact) mass is 406 g/mol. The molecule has 7 heteroatoms. The first-order valence-electron chi connectivity index (χ1n) is 11.0. The topological polar surface area (TPSA) is 58.1 Å². The van der Waals surface area contributed by atoms with Gasteiger partial charge in [-0.25, -0.2) is 4.39 Å². The molecule has 0 spiro atoms. The van der Waals surface area contributed by atoms with Gasteiger partial charge in [0, 0.05) is 31.2 Å². The van der Waals surface area contributed by atoms with Gasteiger partial charge in [0.15, 0.2) is 12.8 Å². The minimum absolute atomic E-state index is 0.221. The van der Waals surface area contributed by atoms with E-state index in [1.165, 1.54) is 38.3 Å². The Balaban J connectivity index is 1.52. The molecular weight excluding hydrogens is 371 g/mol. The maximum absolute atomic E-state index is 13.9. The molecule has 0 saturated carbocycles. The predicted molar refractivity (Wildman–Crippen MR) is 114 cm³/mol. The third-order valence-electron chi connectivity index (χ3n) is 5.66. The number of hydrogen-bond acceptors (Lipinski definition) is 4. The minimum Gasteiger partial charge on any atom is -0.467 e. The lowest BCUT2D eigenvalue weighted by Crippen LogP contribution is -2.42. The van der Waals surface area contributed by atoms with Gasteiger partial charge in [-0.1, -0.05) is 13.3 Å². The van der Waals surface area contributed by atoms with Crippen LogP contribution >= 0.6 is 0 Å². The summed E-state index contributed by atoms with van der Waals surface area (Å²) < 4.78 is 24.7. The van der Waals surface area contributed by atoms with E-state index in [0.717, 1.165) is 42.5 Å². The first-order valence-corrected chi connectivity index (χ1v) is 11.0. The molecule has 2 heterocycles. The normalized spacial score (nSPS) is 20.1. The van der Waals surface area contributed by atoms with E-state index in [2.05, 4.69) is 29.4 Å². The Labute approximate surface area is 173 Å². The molecule has 29 heavy (non-hydrogen) atoms. The highest BCUT2D eigenvalue weighted by Crippen LogP contribution is 2.29. The van der Waals surface area contributed by atoms with Gasteiger partial charge < -0.3 is 20.1 Å². The number of piperidine rings is 1. The standard InChI is InChI=1S/C22H35FN4O2/c1-3-20-7-5-6-11-27(20)12-10-26-22(24-4-2)25-9-8-17-13-19(23)14-18-15-28-16-29-21(17)18/h13-14,20H,3-12,15-16H2,1-2H3,(H2,24,25,26). The fourth-order valence-corrected chi connectivity index (χ4v) is 4.21. The van der Waals surface area contributed by atoms with Gasteiger partial charge >= 0.3 is 0 Å². The van der Waals surface area contributed by atoms with Gasteiger partial charge in [-0.3, -0.25) is 9.89 Å². The van der Waals surface area contributed by atoms with Crippen LogP contribution in [0.1, 0.15) is 50.7 Å². The third-order valence-corrected chi connectivity index (χ3v) is 5.66. The zero-order valence-electron chi connectivity index (χ0n) is 17.8. The molecular formula is C22H35FN4O2. The Morgan fingerprint density at radius 1 is 1.28 bits per heavy atom. The maximum Gasteiger partial charge on any atom is 0.191 e. The summed E-state index contributed by atoms with van der Waals surface area (Å²) in [6, 6.07) is 3.75. The van der Waals surface area contributed by atoms with Gasteiger partial charge in [-0.2, -0.15) is 0 Å². The van der Waals surface area contributed by atoms with Crippen molar-refractivity contribution in [1.29, 1.82) is 0 Å². The molecule has 1 aromatic rings. The molecule has 1 aromatic carbocycles. The van der Waals surface area contributed by atoms with E-state index in [1.54, 1.807) is 6.07 Å². The van der Waals surface area contributed by atoms with Crippen molar-refractivity contribution in [2.75, 3.05) is 39.5 Å². The molecule has 2 N–H and O–H groups in total. The van der Waals surface area contributed by atoms with Crippen LogP contribution in [0.4, 0.5) is 4.39 Å². The van der Waals surface area contributed by atoms with Crippen LogP contribution in [0.25, 0.3) is 0 Å². The minimum atomic E-state index is -0.250. The summed E-state index contributed by atoms with van der Waals surface area (Å²) in [6.07, 6.45) is 5.83. The Morgan fingerprint density at radius 2 is 2.17 bits per heavy atom. The van der Waals surface area contributed by atoms with Crippen molar-refractivity contribution in [3.63, 3.8) is 0 Å². The van der Waals surface area contributed by atoms with E-state index in [1.807, 2.05) is 0 Å². The molecule has 0 aromatic heterocycles. The van der Waals surface area contributed by atoms with Gasteiger partial charge in [0.2, 0.25) is 0 Å². The SMILES string of the molecule is CCNC(=NCCN1CCCCC1CC)NCCc1cc(F)cc2c1OCOC2. The van der Waals surface area contributed by atoms with Crippen LogP contribution in [0, 0.1) is 5.82 Å². The molecule has 0 amide bonds. The van der Waals surface area contributed by atoms with E-state index in [0.29, 0.717) is 25.6 Å². The highest BCUT2D eigenvalue weighted by molar-refractivity contribution is 5.79. The predicted octanol–water partition coefficient (Wildman–Crippen LogP) is 3.05. The highest BCUT2D eigenvalue weighted by Gasteiger charge is 2.20. The summed E-state index contributed by atoms with van der Waals surface area (Å²) in [7, 11) is 0. The smallest absolute Gasteiger partial charge is 0.191 e. The van der Waals surface area contributed by atoms with Gasteiger partial charge in [0.1, 0.15) is 11.6 Å². The van der Waals surface area contributed by atoms with Crippen molar-refractivity contribution in [3.05, 3.63) is 29.1 Å². The van der Waals surface area contributed by atoms with E-state index in [9.17, 15) is 4.39 Å². The number of nitrogens with one attached hydrogen (secondary N) is 2. The molecule has 1 unspecified atom stereocenters. The van der Waals surface area contributed by atoms with E-state index in [-0.39, 0.29) is 12.6 Å². The molecule has 2 aliphatic rings. The van der Waals surface area contributed by atoms with Crippen molar-refractivity contribution in [2.45, 2.75) is 58.6 Å². The molecule has 6 nitrogen and oxygen atoms in total. The van der Waals surface area contributed by atoms with E-state index >= 15 is 0 Å². The zero-order chi connectivity index (χ0) is 20.5. The second kappa shape index (κ2) is 11.4. The molecule has 1 saturated heterocycles. The summed E-state index contributed by atoms with van der Waals surface area (Å²) in [4.78, 5) is 7.32. The molecule has 1 fully saturated rings. The fraction of sp³-hybridized carbons (Fsp3) is 0.682. The van der Waals surface area contributed by atoms with Crippen molar-refractivity contribution in [3.8, 4) is 5.75 Å². The Bertz CT molecular complexity index is 683. The summed E-state index contributed by atoms with van der Waals surface area (Å²) >= 11 is 0. The first kappa shape index (κ1) is 21.8. The Kier molecular flexibility index (Phi) is 8.55. The molecule has 162 valence electrons. The number of hydrogen-bond donors (Lipinski definition) is 2. The average molecular weight is 407 g/mol. The van der Waals surface area contributed by atoms with Crippen LogP contribution in [-0.2, 0) is 17.8 Å². The zero-order valence-corrected chi connectivity index (χ0v) is 17.8.